The highest BCUT2D eigenvalue weighted by atomic mass is 32.2. The van der Waals surface area contributed by atoms with Gasteiger partial charge < -0.3 is 10.0 Å². The van der Waals surface area contributed by atoms with Crippen molar-refractivity contribution in [1.82, 2.24) is 4.90 Å². The van der Waals surface area contributed by atoms with E-state index in [2.05, 4.69) is 0 Å². The molecule has 0 radical (unpaired) electrons. The lowest BCUT2D eigenvalue weighted by Crippen LogP contribution is -2.42. The first kappa shape index (κ1) is 15.5. The minimum absolute atomic E-state index is 0.0209. The molecule has 1 N–H and O–H groups in total. The maximum Gasteiger partial charge on any atom is 0.308 e. The van der Waals surface area contributed by atoms with Crippen molar-refractivity contribution in [3.63, 3.8) is 0 Å². The lowest BCUT2D eigenvalue weighted by molar-refractivity contribution is -0.143. The number of carboxylic acid groups (broad SMARTS) is 1. The molecule has 7 heteroatoms. The first-order valence-electron chi connectivity index (χ1n) is 6.62. The van der Waals surface area contributed by atoms with E-state index in [1.807, 2.05) is 0 Å². The number of likely N-dealkylation sites (tertiary alicyclic amines) is 1. The van der Waals surface area contributed by atoms with E-state index in [9.17, 15) is 18.0 Å². The second-order valence-corrected chi connectivity index (χ2v) is 7.18. The van der Waals surface area contributed by atoms with E-state index in [0.29, 0.717) is 19.4 Å². The lowest BCUT2D eigenvalue weighted by Gasteiger charge is -2.31. The Morgan fingerprint density at radius 2 is 1.95 bits per heavy atom. The Balaban J connectivity index is 2.31. The van der Waals surface area contributed by atoms with Crippen molar-refractivity contribution >= 4 is 21.7 Å². The van der Waals surface area contributed by atoms with E-state index < -0.39 is 27.6 Å². The van der Waals surface area contributed by atoms with Crippen LogP contribution in [0.15, 0.2) is 29.2 Å². The van der Waals surface area contributed by atoms with Gasteiger partial charge in [-0.2, -0.15) is 0 Å². The zero-order chi connectivity index (χ0) is 15.6. The normalized spacial score (nSPS) is 19.3. The highest BCUT2D eigenvalue weighted by molar-refractivity contribution is 7.90. The van der Waals surface area contributed by atoms with Gasteiger partial charge in [0.2, 0.25) is 0 Å². The van der Waals surface area contributed by atoms with E-state index in [1.165, 1.54) is 17.0 Å². The Morgan fingerprint density at radius 3 is 2.57 bits per heavy atom. The molecule has 1 aliphatic heterocycles. The van der Waals surface area contributed by atoms with Crippen LogP contribution in [-0.4, -0.2) is 49.6 Å². The molecular weight excluding hydrogens is 294 g/mol. The van der Waals surface area contributed by atoms with Gasteiger partial charge in [0.05, 0.1) is 16.4 Å². The molecule has 114 valence electrons. The SMILES string of the molecule is CS(=O)(=O)c1ccccc1C(=O)N1CCC[C@H](C(=O)O)C1. The highest BCUT2D eigenvalue weighted by Gasteiger charge is 2.30. The number of nitrogens with zero attached hydrogens (tertiary/aromatic N) is 1. The van der Waals surface area contributed by atoms with Gasteiger partial charge in [0.1, 0.15) is 0 Å². The van der Waals surface area contributed by atoms with Gasteiger partial charge in [0.15, 0.2) is 9.84 Å². The number of hydrogen-bond donors (Lipinski definition) is 1. The van der Waals surface area contributed by atoms with Crippen LogP contribution in [0.25, 0.3) is 0 Å². The summed E-state index contributed by atoms with van der Waals surface area (Å²) in [4.78, 5) is 25.0. The Kier molecular flexibility index (Phi) is 4.32. The smallest absolute Gasteiger partial charge is 0.308 e. The third kappa shape index (κ3) is 3.41. The molecule has 1 aromatic carbocycles. The summed E-state index contributed by atoms with van der Waals surface area (Å²) in [5.41, 5.74) is 0.103. The number of hydrogen-bond acceptors (Lipinski definition) is 4. The van der Waals surface area contributed by atoms with Crippen LogP contribution < -0.4 is 0 Å². The van der Waals surface area contributed by atoms with Crippen LogP contribution in [-0.2, 0) is 14.6 Å². The molecule has 0 unspecified atom stereocenters. The van der Waals surface area contributed by atoms with Gasteiger partial charge in [-0.05, 0) is 25.0 Å². The van der Waals surface area contributed by atoms with Gasteiger partial charge in [0.25, 0.3) is 5.91 Å². The summed E-state index contributed by atoms with van der Waals surface area (Å²) < 4.78 is 23.5. The third-order valence-electron chi connectivity index (χ3n) is 3.57. The average Bonchev–Trinajstić information content (AvgIpc) is 2.45. The third-order valence-corrected chi connectivity index (χ3v) is 4.73. The molecule has 0 spiro atoms. The van der Waals surface area contributed by atoms with E-state index in [0.717, 1.165) is 6.26 Å². The van der Waals surface area contributed by atoms with Gasteiger partial charge in [0, 0.05) is 19.3 Å². The summed E-state index contributed by atoms with van der Waals surface area (Å²) in [7, 11) is -3.51. The summed E-state index contributed by atoms with van der Waals surface area (Å²) >= 11 is 0. The number of carbonyl (C=O) groups excluding carboxylic acids is 1. The van der Waals surface area contributed by atoms with Crippen molar-refractivity contribution in [3.8, 4) is 0 Å². The summed E-state index contributed by atoms with van der Waals surface area (Å²) in [5, 5.41) is 9.06. The lowest BCUT2D eigenvalue weighted by atomic mass is 9.97. The van der Waals surface area contributed by atoms with Crippen molar-refractivity contribution in [3.05, 3.63) is 29.8 Å². The van der Waals surface area contributed by atoms with Crippen LogP contribution in [0.2, 0.25) is 0 Å². The number of aliphatic carboxylic acids is 1. The molecule has 1 aliphatic rings. The number of rotatable bonds is 3. The standard InChI is InChI=1S/C14H17NO5S/c1-21(19,20)12-7-3-2-6-11(12)13(16)15-8-4-5-10(9-15)14(17)18/h2-3,6-7,10H,4-5,8-9H2,1H3,(H,17,18)/t10-/m0/s1. The molecule has 6 nitrogen and oxygen atoms in total. The monoisotopic (exact) mass is 311 g/mol. The molecule has 1 amide bonds. The van der Waals surface area contributed by atoms with Crippen LogP contribution in [0.1, 0.15) is 23.2 Å². The molecule has 1 fully saturated rings. The summed E-state index contributed by atoms with van der Waals surface area (Å²) in [6.45, 7) is 0.562. The van der Waals surface area contributed by atoms with Crippen LogP contribution in [0.5, 0.6) is 0 Å². The molecule has 1 saturated heterocycles. The molecule has 0 saturated carbocycles. The van der Waals surface area contributed by atoms with Gasteiger partial charge in [-0.15, -0.1) is 0 Å². The molecule has 21 heavy (non-hydrogen) atoms. The first-order chi connectivity index (χ1) is 9.80. The Bertz CT molecular complexity index is 668. The average molecular weight is 311 g/mol. The maximum atomic E-state index is 12.5. The molecule has 0 bridgehead atoms. The Hall–Kier alpha value is -1.89. The van der Waals surface area contributed by atoms with Crippen LogP contribution >= 0.6 is 0 Å². The molecule has 1 aromatic rings. The van der Waals surface area contributed by atoms with Crippen LogP contribution in [0.3, 0.4) is 0 Å². The first-order valence-corrected chi connectivity index (χ1v) is 8.51. The van der Waals surface area contributed by atoms with Crippen molar-refractivity contribution in [2.45, 2.75) is 17.7 Å². The van der Waals surface area contributed by atoms with Gasteiger partial charge >= 0.3 is 5.97 Å². The largest absolute Gasteiger partial charge is 0.481 e. The maximum absolute atomic E-state index is 12.5. The van der Waals surface area contributed by atoms with Crippen molar-refractivity contribution < 1.29 is 23.1 Å². The molecule has 1 heterocycles. The number of sulfone groups is 1. The topological polar surface area (TPSA) is 91.8 Å². The second-order valence-electron chi connectivity index (χ2n) is 5.20. The Morgan fingerprint density at radius 1 is 1.29 bits per heavy atom. The summed E-state index contributed by atoms with van der Waals surface area (Å²) in [6.07, 6.45) is 2.19. The fourth-order valence-corrected chi connectivity index (χ4v) is 3.38. The zero-order valence-corrected chi connectivity index (χ0v) is 12.5. The van der Waals surface area contributed by atoms with E-state index >= 15 is 0 Å². The fourth-order valence-electron chi connectivity index (χ4n) is 2.50. The second kappa shape index (κ2) is 5.85. The quantitative estimate of drug-likeness (QED) is 0.900. The minimum Gasteiger partial charge on any atom is -0.481 e. The van der Waals surface area contributed by atoms with E-state index in [1.54, 1.807) is 12.1 Å². The summed E-state index contributed by atoms with van der Waals surface area (Å²) in [5.74, 6) is -1.95. The number of piperidine rings is 1. The summed E-state index contributed by atoms with van der Waals surface area (Å²) in [6, 6.07) is 6.01. The molecular formula is C14H17NO5S. The minimum atomic E-state index is -3.51. The van der Waals surface area contributed by atoms with Crippen molar-refractivity contribution in [1.29, 1.82) is 0 Å². The fraction of sp³-hybridized carbons (Fsp3) is 0.429. The van der Waals surface area contributed by atoms with Gasteiger partial charge in [-0.25, -0.2) is 8.42 Å². The molecule has 0 aliphatic carbocycles. The predicted molar refractivity (Wildman–Crippen MR) is 75.8 cm³/mol. The molecule has 1 atom stereocenters. The van der Waals surface area contributed by atoms with Gasteiger partial charge in [-0.1, -0.05) is 12.1 Å². The van der Waals surface area contributed by atoms with Crippen molar-refractivity contribution in [2.75, 3.05) is 19.3 Å². The highest BCUT2D eigenvalue weighted by Crippen LogP contribution is 2.22. The zero-order valence-electron chi connectivity index (χ0n) is 11.7. The molecule has 2 rings (SSSR count). The number of carbonyl (C=O) groups is 2. The van der Waals surface area contributed by atoms with E-state index in [-0.39, 0.29) is 17.0 Å². The van der Waals surface area contributed by atoms with Gasteiger partial charge in [-0.3, -0.25) is 9.59 Å². The van der Waals surface area contributed by atoms with Crippen molar-refractivity contribution in [2.24, 2.45) is 5.92 Å². The number of carboxylic acids is 1. The number of amides is 1. The van der Waals surface area contributed by atoms with Crippen LogP contribution in [0.4, 0.5) is 0 Å². The predicted octanol–water partition coefficient (Wildman–Crippen LogP) is 1.03. The van der Waals surface area contributed by atoms with E-state index in [4.69, 9.17) is 5.11 Å². The molecule has 0 aromatic heterocycles. The Labute approximate surface area is 123 Å². The number of benzene rings is 1. The van der Waals surface area contributed by atoms with Crippen LogP contribution in [0, 0.1) is 5.92 Å².